The lowest BCUT2D eigenvalue weighted by molar-refractivity contribution is 0.104. The quantitative estimate of drug-likeness (QED) is 0.785. The minimum absolute atomic E-state index is 0.281. The Kier molecular flexibility index (Phi) is 4.94. The zero-order valence-electron chi connectivity index (χ0n) is 10.6. The Hall–Kier alpha value is 0.270. The van der Waals surface area contributed by atoms with Crippen molar-refractivity contribution in [2.24, 2.45) is 11.7 Å². The van der Waals surface area contributed by atoms with Gasteiger partial charge in [-0.3, -0.25) is 4.90 Å². The Morgan fingerprint density at radius 1 is 1.53 bits per heavy atom. The maximum absolute atomic E-state index is 6.03. The van der Waals surface area contributed by atoms with Gasteiger partial charge in [0, 0.05) is 29.6 Å². The van der Waals surface area contributed by atoms with Gasteiger partial charge < -0.3 is 5.73 Å². The summed E-state index contributed by atoms with van der Waals surface area (Å²) in [6.07, 6.45) is 1.26. The first-order valence-electron chi connectivity index (χ1n) is 6.11. The lowest BCUT2D eigenvalue weighted by Gasteiger charge is -2.40. The monoisotopic (exact) mass is 230 g/mol. The van der Waals surface area contributed by atoms with E-state index in [-0.39, 0.29) is 5.54 Å². The van der Waals surface area contributed by atoms with Gasteiger partial charge in [0.1, 0.15) is 0 Å². The van der Waals surface area contributed by atoms with E-state index in [0.29, 0.717) is 0 Å². The molecule has 1 aliphatic rings. The van der Waals surface area contributed by atoms with Crippen molar-refractivity contribution >= 4 is 11.8 Å². The van der Waals surface area contributed by atoms with Gasteiger partial charge in [-0.15, -0.1) is 0 Å². The third kappa shape index (κ3) is 3.11. The molecule has 0 radical (unpaired) electrons. The highest BCUT2D eigenvalue weighted by molar-refractivity contribution is 8.00. The second kappa shape index (κ2) is 5.55. The number of nitrogens with zero attached hydrogens (tertiary/aromatic N) is 1. The van der Waals surface area contributed by atoms with E-state index < -0.39 is 0 Å². The second-order valence-electron chi connectivity index (χ2n) is 5.19. The van der Waals surface area contributed by atoms with E-state index in [1.807, 2.05) is 0 Å². The van der Waals surface area contributed by atoms with E-state index in [4.69, 9.17) is 5.73 Å². The summed E-state index contributed by atoms with van der Waals surface area (Å²) in [7, 11) is 0. The van der Waals surface area contributed by atoms with Crippen LogP contribution in [0.15, 0.2) is 0 Å². The molecule has 0 saturated carbocycles. The Morgan fingerprint density at radius 2 is 2.20 bits per heavy atom. The van der Waals surface area contributed by atoms with E-state index in [0.717, 1.165) is 24.3 Å². The molecule has 1 rings (SSSR count). The lowest BCUT2D eigenvalue weighted by atomic mass is 9.93. The molecular weight excluding hydrogens is 204 g/mol. The van der Waals surface area contributed by atoms with Crippen molar-refractivity contribution in [3.63, 3.8) is 0 Å². The number of nitrogens with two attached hydrogens (primary N) is 1. The molecule has 0 spiro atoms. The topological polar surface area (TPSA) is 29.3 Å². The first-order valence-corrected chi connectivity index (χ1v) is 7.15. The number of rotatable bonds is 5. The minimum Gasteiger partial charge on any atom is -0.329 e. The summed E-state index contributed by atoms with van der Waals surface area (Å²) in [5.41, 5.74) is 6.31. The van der Waals surface area contributed by atoms with Gasteiger partial charge in [0.25, 0.3) is 0 Å². The van der Waals surface area contributed by atoms with Crippen LogP contribution in [0.1, 0.15) is 34.1 Å². The molecule has 0 bridgehead atoms. The van der Waals surface area contributed by atoms with Crippen molar-refractivity contribution in [2.75, 3.05) is 25.4 Å². The number of hydrogen-bond donors (Lipinski definition) is 1. The molecule has 2 unspecified atom stereocenters. The minimum atomic E-state index is 0.281. The van der Waals surface area contributed by atoms with Crippen molar-refractivity contribution in [2.45, 2.75) is 44.9 Å². The highest BCUT2D eigenvalue weighted by Gasteiger charge is 2.41. The summed E-state index contributed by atoms with van der Waals surface area (Å²) < 4.78 is 0. The highest BCUT2D eigenvalue weighted by Crippen LogP contribution is 2.38. The van der Waals surface area contributed by atoms with Crippen LogP contribution < -0.4 is 5.73 Å². The van der Waals surface area contributed by atoms with Crippen molar-refractivity contribution in [1.82, 2.24) is 4.90 Å². The Labute approximate surface area is 99.0 Å². The number of thioether (sulfide) groups is 1. The summed E-state index contributed by atoms with van der Waals surface area (Å²) in [5, 5.41) is 0.773. The van der Waals surface area contributed by atoms with E-state index >= 15 is 0 Å². The standard InChI is InChI=1S/C12H26N2S/c1-5-14(7-10(2)3)12(8-13)6-11(4)15-9-12/h10-11H,5-9,13H2,1-4H3. The zero-order valence-corrected chi connectivity index (χ0v) is 11.4. The van der Waals surface area contributed by atoms with E-state index in [1.165, 1.54) is 18.7 Å². The second-order valence-corrected chi connectivity index (χ2v) is 6.61. The fraction of sp³-hybridized carbons (Fsp3) is 1.00. The Morgan fingerprint density at radius 3 is 2.53 bits per heavy atom. The molecule has 1 aliphatic heterocycles. The average molecular weight is 230 g/mol. The fourth-order valence-corrected chi connectivity index (χ4v) is 3.98. The Bertz CT molecular complexity index is 196. The molecule has 0 amide bonds. The van der Waals surface area contributed by atoms with Crippen LogP contribution in [0, 0.1) is 5.92 Å². The predicted molar refractivity (Wildman–Crippen MR) is 70.4 cm³/mol. The van der Waals surface area contributed by atoms with E-state index in [1.54, 1.807) is 0 Å². The van der Waals surface area contributed by atoms with Crippen LogP contribution in [0.3, 0.4) is 0 Å². The Balaban J connectivity index is 2.69. The molecule has 1 heterocycles. The summed E-state index contributed by atoms with van der Waals surface area (Å²) in [6, 6.07) is 0. The van der Waals surface area contributed by atoms with Gasteiger partial charge >= 0.3 is 0 Å². The summed E-state index contributed by atoms with van der Waals surface area (Å²) in [5.74, 6) is 1.94. The first kappa shape index (κ1) is 13.3. The average Bonchev–Trinajstić information content (AvgIpc) is 2.57. The molecule has 2 N–H and O–H groups in total. The molecule has 1 saturated heterocycles. The van der Waals surface area contributed by atoms with Gasteiger partial charge in [-0.25, -0.2) is 0 Å². The lowest BCUT2D eigenvalue weighted by Crippen LogP contribution is -2.55. The molecule has 0 aromatic carbocycles. The molecule has 0 aromatic rings. The first-order chi connectivity index (χ1) is 7.04. The van der Waals surface area contributed by atoms with Crippen molar-refractivity contribution < 1.29 is 0 Å². The largest absolute Gasteiger partial charge is 0.329 e. The van der Waals surface area contributed by atoms with Crippen LogP contribution in [0.25, 0.3) is 0 Å². The van der Waals surface area contributed by atoms with Gasteiger partial charge in [0.15, 0.2) is 0 Å². The maximum Gasteiger partial charge on any atom is 0.0432 e. The van der Waals surface area contributed by atoms with Gasteiger partial charge in [0.2, 0.25) is 0 Å². The molecule has 90 valence electrons. The molecule has 0 aromatic heterocycles. The van der Waals surface area contributed by atoms with Crippen molar-refractivity contribution in [3.8, 4) is 0 Å². The number of hydrogen-bond acceptors (Lipinski definition) is 3. The smallest absolute Gasteiger partial charge is 0.0432 e. The summed E-state index contributed by atoms with van der Waals surface area (Å²) in [4.78, 5) is 2.61. The molecule has 3 heteroatoms. The van der Waals surface area contributed by atoms with Gasteiger partial charge in [-0.1, -0.05) is 27.7 Å². The molecule has 2 atom stereocenters. The summed E-state index contributed by atoms with van der Waals surface area (Å²) >= 11 is 2.08. The predicted octanol–water partition coefficient (Wildman–Crippen LogP) is 2.19. The third-order valence-electron chi connectivity index (χ3n) is 3.32. The van der Waals surface area contributed by atoms with Crippen LogP contribution in [-0.2, 0) is 0 Å². The van der Waals surface area contributed by atoms with E-state index in [9.17, 15) is 0 Å². The fourth-order valence-electron chi connectivity index (χ4n) is 2.54. The third-order valence-corrected chi connectivity index (χ3v) is 4.76. The SMILES string of the molecule is CCN(CC(C)C)C1(CN)CSC(C)C1. The number of likely N-dealkylation sites (N-methyl/N-ethyl adjacent to an activating group) is 1. The molecule has 0 aliphatic carbocycles. The van der Waals surface area contributed by atoms with Crippen LogP contribution >= 0.6 is 11.8 Å². The zero-order chi connectivity index (χ0) is 11.5. The maximum atomic E-state index is 6.03. The summed E-state index contributed by atoms with van der Waals surface area (Å²) in [6.45, 7) is 12.3. The van der Waals surface area contributed by atoms with Crippen LogP contribution in [0.5, 0.6) is 0 Å². The van der Waals surface area contributed by atoms with Gasteiger partial charge in [0.05, 0.1) is 0 Å². The molecule has 2 nitrogen and oxygen atoms in total. The van der Waals surface area contributed by atoms with Crippen LogP contribution in [-0.4, -0.2) is 41.1 Å². The highest BCUT2D eigenvalue weighted by atomic mass is 32.2. The van der Waals surface area contributed by atoms with Gasteiger partial charge in [-0.05, 0) is 18.9 Å². The molecule has 1 fully saturated rings. The normalized spacial score (nSPS) is 31.8. The molecular formula is C12H26N2S. The van der Waals surface area contributed by atoms with E-state index in [2.05, 4.69) is 44.4 Å². The van der Waals surface area contributed by atoms with Crippen LogP contribution in [0.2, 0.25) is 0 Å². The van der Waals surface area contributed by atoms with Gasteiger partial charge in [-0.2, -0.15) is 11.8 Å². The van der Waals surface area contributed by atoms with Crippen molar-refractivity contribution in [1.29, 1.82) is 0 Å². The van der Waals surface area contributed by atoms with Crippen LogP contribution in [0.4, 0.5) is 0 Å². The molecule has 15 heavy (non-hydrogen) atoms. The van der Waals surface area contributed by atoms with Crippen molar-refractivity contribution in [3.05, 3.63) is 0 Å².